The molecule has 0 atom stereocenters. The van der Waals surface area contributed by atoms with Crippen molar-refractivity contribution in [3.63, 3.8) is 0 Å². The second-order valence-corrected chi connectivity index (χ2v) is 14.9. The Morgan fingerprint density at radius 2 is 1.41 bits per heavy atom. The number of aliphatic carboxylic acids is 1. The number of carboxylic acid groups (broad SMARTS) is 1. The van der Waals surface area contributed by atoms with Crippen LogP contribution in [0.4, 0.5) is 0 Å². The third-order valence-corrected chi connectivity index (χ3v) is 9.40. The molecule has 9 heteroatoms. The fraction of sp³-hybridized carbons (Fsp3) is 0.406. The standard InChI is InChI=1S/C32H32Br2ClNO5/c1-31(2)11-22-28(24(37)13-31)27(29-23(36(22)15-26(39)40)12-32(3,4)14-25(29)38)18-9-20(33)30(21(34)10-18)41-16-17-5-7-19(35)8-6-17/h5-10,27H,11-16H2,1-4H3,(H,39,40). The van der Waals surface area contributed by atoms with Crippen molar-refractivity contribution in [2.75, 3.05) is 6.54 Å². The molecule has 1 heterocycles. The highest BCUT2D eigenvalue weighted by atomic mass is 79.9. The van der Waals surface area contributed by atoms with Gasteiger partial charge in [-0.3, -0.25) is 14.4 Å². The van der Waals surface area contributed by atoms with Gasteiger partial charge in [0.2, 0.25) is 0 Å². The topological polar surface area (TPSA) is 83.9 Å². The van der Waals surface area contributed by atoms with E-state index in [-0.39, 0.29) is 28.9 Å². The van der Waals surface area contributed by atoms with Crippen molar-refractivity contribution in [1.82, 2.24) is 4.90 Å². The first kappa shape index (κ1) is 30.1. The molecule has 41 heavy (non-hydrogen) atoms. The summed E-state index contributed by atoms with van der Waals surface area (Å²) in [6, 6.07) is 11.2. The number of hydrogen-bond donors (Lipinski definition) is 1. The van der Waals surface area contributed by atoms with Gasteiger partial charge in [-0.2, -0.15) is 0 Å². The van der Waals surface area contributed by atoms with Crippen LogP contribution >= 0.6 is 43.5 Å². The van der Waals surface area contributed by atoms with E-state index in [0.717, 1.165) is 22.5 Å². The number of carboxylic acids is 1. The van der Waals surface area contributed by atoms with E-state index < -0.39 is 11.9 Å². The smallest absolute Gasteiger partial charge is 0.323 e. The zero-order chi connectivity index (χ0) is 29.9. The van der Waals surface area contributed by atoms with Crippen molar-refractivity contribution in [3.05, 3.63) is 84.0 Å². The zero-order valence-corrected chi connectivity index (χ0v) is 27.4. The summed E-state index contributed by atoms with van der Waals surface area (Å²) in [6.07, 6.45) is 1.76. The molecule has 0 saturated heterocycles. The lowest BCUT2D eigenvalue weighted by molar-refractivity contribution is -0.138. The molecule has 0 aromatic heterocycles. The van der Waals surface area contributed by atoms with Crippen molar-refractivity contribution in [3.8, 4) is 5.75 Å². The number of ketones is 2. The number of hydrogen-bond acceptors (Lipinski definition) is 5. The third kappa shape index (κ3) is 6.06. The Bertz CT molecular complexity index is 1450. The number of benzene rings is 2. The molecule has 0 bridgehead atoms. The molecule has 216 valence electrons. The van der Waals surface area contributed by atoms with Gasteiger partial charge in [0.05, 0.1) is 8.95 Å². The first-order valence-electron chi connectivity index (χ1n) is 13.5. The van der Waals surface area contributed by atoms with Crippen LogP contribution in [0.2, 0.25) is 5.02 Å². The van der Waals surface area contributed by atoms with Crippen LogP contribution in [0.25, 0.3) is 0 Å². The molecule has 2 aliphatic carbocycles. The Balaban J connectivity index is 1.64. The van der Waals surface area contributed by atoms with Gasteiger partial charge in [0.1, 0.15) is 18.9 Å². The second kappa shape index (κ2) is 11.0. The molecule has 0 spiro atoms. The molecule has 0 fully saturated rings. The van der Waals surface area contributed by atoms with Crippen molar-refractivity contribution >= 4 is 61.0 Å². The lowest BCUT2D eigenvalue weighted by Crippen LogP contribution is -2.45. The Morgan fingerprint density at radius 3 is 1.88 bits per heavy atom. The van der Waals surface area contributed by atoms with Crippen LogP contribution < -0.4 is 4.74 Å². The number of carbonyl (C=O) groups excluding carboxylic acids is 2. The first-order chi connectivity index (χ1) is 19.2. The van der Waals surface area contributed by atoms with Crippen LogP contribution in [0, 0.1) is 10.8 Å². The Hall–Kier alpha value is -2.42. The Morgan fingerprint density at radius 1 is 0.927 bits per heavy atom. The molecular formula is C32H32Br2ClNO5. The lowest BCUT2D eigenvalue weighted by Gasteiger charge is -2.48. The van der Waals surface area contributed by atoms with Gasteiger partial charge in [-0.25, -0.2) is 0 Å². The van der Waals surface area contributed by atoms with Gasteiger partial charge in [0.25, 0.3) is 0 Å². The maximum Gasteiger partial charge on any atom is 0.323 e. The van der Waals surface area contributed by atoms with E-state index in [2.05, 4.69) is 31.9 Å². The maximum atomic E-state index is 13.9. The Labute approximate surface area is 262 Å². The van der Waals surface area contributed by atoms with Gasteiger partial charge in [0.15, 0.2) is 11.6 Å². The normalized spacial score (nSPS) is 20.2. The van der Waals surface area contributed by atoms with E-state index in [1.54, 1.807) is 4.90 Å². The van der Waals surface area contributed by atoms with Crippen LogP contribution in [0.1, 0.15) is 70.4 Å². The van der Waals surface area contributed by atoms with Gasteiger partial charge in [-0.05, 0) is 90.9 Å². The predicted octanol–water partition coefficient (Wildman–Crippen LogP) is 8.21. The fourth-order valence-corrected chi connectivity index (χ4v) is 7.90. The van der Waals surface area contributed by atoms with E-state index in [1.165, 1.54) is 0 Å². The summed E-state index contributed by atoms with van der Waals surface area (Å²) in [5.74, 6) is -1.08. The molecule has 1 aliphatic heterocycles. The van der Waals surface area contributed by atoms with Crippen LogP contribution in [0.5, 0.6) is 5.75 Å². The minimum absolute atomic E-state index is 0.0452. The highest BCUT2D eigenvalue weighted by Gasteiger charge is 2.49. The third-order valence-electron chi connectivity index (χ3n) is 7.97. The van der Waals surface area contributed by atoms with Gasteiger partial charge >= 0.3 is 5.97 Å². The summed E-state index contributed by atoms with van der Waals surface area (Å²) in [7, 11) is 0. The molecule has 6 nitrogen and oxygen atoms in total. The molecular weight excluding hydrogens is 674 g/mol. The molecule has 5 rings (SSSR count). The lowest BCUT2D eigenvalue weighted by atomic mass is 9.63. The number of nitrogens with zero attached hydrogens (tertiary/aromatic N) is 1. The summed E-state index contributed by atoms with van der Waals surface area (Å²) >= 11 is 13.4. The number of allylic oxidation sites excluding steroid dienone is 4. The molecule has 2 aromatic rings. The molecule has 1 N–H and O–H groups in total. The van der Waals surface area contributed by atoms with Gasteiger partial charge < -0.3 is 14.7 Å². The summed E-state index contributed by atoms with van der Waals surface area (Å²) in [5.41, 5.74) is 3.58. The minimum atomic E-state index is -0.999. The maximum absolute atomic E-state index is 13.9. The van der Waals surface area contributed by atoms with Crippen LogP contribution in [-0.2, 0) is 21.0 Å². The van der Waals surface area contributed by atoms with Crippen LogP contribution in [-0.4, -0.2) is 34.1 Å². The minimum Gasteiger partial charge on any atom is -0.487 e. The average Bonchev–Trinajstić information content (AvgIpc) is 2.83. The molecule has 0 unspecified atom stereocenters. The van der Waals surface area contributed by atoms with E-state index in [9.17, 15) is 19.5 Å². The van der Waals surface area contributed by atoms with Gasteiger partial charge in [-0.15, -0.1) is 0 Å². The molecule has 3 aliphatic rings. The number of Topliss-reactive ketones (excluding diaryl/α,β-unsaturated/α-hetero) is 2. The van der Waals surface area contributed by atoms with Crippen molar-refractivity contribution in [1.29, 1.82) is 0 Å². The first-order valence-corrected chi connectivity index (χ1v) is 15.5. The molecule has 0 amide bonds. The van der Waals surface area contributed by atoms with E-state index in [1.807, 2.05) is 64.1 Å². The SMILES string of the molecule is CC1(C)CC(=O)C2=C(C1)N(CC(=O)O)C1=C(C(=O)CC(C)(C)C1)C2c1cc(Br)c(OCc2ccc(Cl)cc2)c(Br)c1. The zero-order valence-electron chi connectivity index (χ0n) is 23.4. The highest BCUT2D eigenvalue weighted by molar-refractivity contribution is 9.11. The summed E-state index contributed by atoms with van der Waals surface area (Å²) in [6.45, 7) is 8.16. The second-order valence-electron chi connectivity index (χ2n) is 12.7. The van der Waals surface area contributed by atoms with E-state index >= 15 is 0 Å². The number of halogens is 3. The van der Waals surface area contributed by atoms with Crippen molar-refractivity contribution in [2.24, 2.45) is 10.8 Å². The number of ether oxygens (including phenoxy) is 1. The Kier molecular flexibility index (Phi) is 8.07. The predicted molar refractivity (Wildman–Crippen MR) is 165 cm³/mol. The highest BCUT2D eigenvalue weighted by Crippen LogP contribution is 2.55. The molecule has 2 aromatic carbocycles. The summed E-state index contributed by atoms with van der Waals surface area (Å²) < 4.78 is 7.50. The molecule has 0 radical (unpaired) electrons. The van der Waals surface area contributed by atoms with Crippen molar-refractivity contribution < 1.29 is 24.2 Å². The molecule has 0 saturated carbocycles. The quantitative estimate of drug-likeness (QED) is 0.326. The van der Waals surface area contributed by atoms with Crippen molar-refractivity contribution in [2.45, 2.75) is 65.9 Å². The largest absolute Gasteiger partial charge is 0.487 e. The van der Waals surface area contributed by atoms with Crippen LogP contribution in [0.3, 0.4) is 0 Å². The monoisotopic (exact) mass is 703 g/mol. The van der Waals surface area contributed by atoms with E-state index in [4.69, 9.17) is 16.3 Å². The average molecular weight is 706 g/mol. The summed E-state index contributed by atoms with van der Waals surface area (Å²) in [5, 5.41) is 10.5. The summed E-state index contributed by atoms with van der Waals surface area (Å²) in [4.78, 5) is 41.6. The van der Waals surface area contributed by atoms with E-state index in [0.29, 0.717) is 63.2 Å². The number of rotatable bonds is 6. The van der Waals surface area contributed by atoms with Gasteiger partial charge in [-0.1, -0.05) is 51.4 Å². The van der Waals surface area contributed by atoms with Gasteiger partial charge in [0, 0.05) is 46.3 Å². The van der Waals surface area contributed by atoms with Crippen LogP contribution in [0.15, 0.2) is 67.9 Å². The fourth-order valence-electron chi connectivity index (χ4n) is 6.33. The number of carbonyl (C=O) groups is 3.